The normalized spacial score (nSPS) is 15.6. The van der Waals surface area contributed by atoms with Gasteiger partial charge in [-0.2, -0.15) is 0 Å². The minimum absolute atomic E-state index is 0.241. The average molecular weight is 218 g/mol. The molecule has 0 unspecified atom stereocenters. The molecule has 2 aromatic rings. The van der Waals surface area contributed by atoms with E-state index >= 15 is 0 Å². The summed E-state index contributed by atoms with van der Waals surface area (Å²) in [6, 6.07) is 5.76. The van der Waals surface area contributed by atoms with Crippen LogP contribution in [0.15, 0.2) is 27.4 Å². The smallest absolute Gasteiger partial charge is 0.408 e. The fourth-order valence-corrected chi connectivity index (χ4v) is 1.95. The van der Waals surface area contributed by atoms with E-state index in [9.17, 15) is 4.79 Å². The van der Waals surface area contributed by atoms with Crippen molar-refractivity contribution in [2.75, 3.05) is 12.4 Å². The SMILES string of the molecule is CNc1ccc2c(c1)oc(=O)n2CC1CC1. The summed E-state index contributed by atoms with van der Waals surface area (Å²) in [4.78, 5) is 11.7. The van der Waals surface area contributed by atoms with Crippen LogP contribution in [0.25, 0.3) is 11.1 Å². The summed E-state index contributed by atoms with van der Waals surface area (Å²) in [6.07, 6.45) is 2.46. The molecule has 16 heavy (non-hydrogen) atoms. The van der Waals surface area contributed by atoms with Crippen LogP contribution in [0, 0.1) is 5.92 Å². The third-order valence-electron chi connectivity index (χ3n) is 3.09. The number of nitrogens with one attached hydrogen (secondary N) is 1. The molecule has 0 amide bonds. The minimum atomic E-state index is -0.241. The number of rotatable bonds is 3. The second-order valence-electron chi connectivity index (χ2n) is 4.35. The van der Waals surface area contributed by atoms with Crippen molar-refractivity contribution in [1.29, 1.82) is 0 Å². The molecule has 4 nitrogen and oxygen atoms in total. The lowest BCUT2D eigenvalue weighted by Gasteiger charge is -2.01. The molecule has 0 bridgehead atoms. The van der Waals surface area contributed by atoms with Crippen LogP contribution >= 0.6 is 0 Å². The Labute approximate surface area is 92.9 Å². The van der Waals surface area contributed by atoms with Crippen LogP contribution in [-0.2, 0) is 6.54 Å². The van der Waals surface area contributed by atoms with Crippen LogP contribution < -0.4 is 11.1 Å². The molecular formula is C12H14N2O2. The molecule has 1 fully saturated rings. The largest absolute Gasteiger partial charge is 0.419 e. The van der Waals surface area contributed by atoms with Gasteiger partial charge in [0.2, 0.25) is 0 Å². The van der Waals surface area contributed by atoms with Gasteiger partial charge in [-0.3, -0.25) is 4.57 Å². The van der Waals surface area contributed by atoms with Gasteiger partial charge < -0.3 is 9.73 Å². The lowest BCUT2D eigenvalue weighted by atomic mass is 10.3. The van der Waals surface area contributed by atoms with Gasteiger partial charge in [-0.1, -0.05) is 0 Å². The molecule has 1 aromatic carbocycles. The molecule has 1 saturated carbocycles. The Hall–Kier alpha value is -1.71. The highest BCUT2D eigenvalue weighted by Crippen LogP contribution is 2.31. The van der Waals surface area contributed by atoms with Crippen molar-refractivity contribution in [2.45, 2.75) is 19.4 Å². The van der Waals surface area contributed by atoms with E-state index in [0.29, 0.717) is 11.5 Å². The Morgan fingerprint density at radius 1 is 1.50 bits per heavy atom. The predicted octanol–water partition coefficient (Wildman–Crippen LogP) is 2.05. The molecule has 3 rings (SSSR count). The molecule has 0 aliphatic heterocycles. The summed E-state index contributed by atoms with van der Waals surface area (Å²) in [6.45, 7) is 0.796. The Morgan fingerprint density at radius 2 is 2.31 bits per heavy atom. The molecule has 1 heterocycles. The van der Waals surface area contributed by atoms with Crippen molar-refractivity contribution < 1.29 is 4.42 Å². The van der Waals surface area contributed by atoms with E-state index in [1.54, 1.807) is 4.57 Å². The Bertz CT molecular complexity index is 578. The first-order chi connectivity index (χ1) is 7.78. The quantitative estimate of drug-likeness (QED) is 0.857. The number of aromatic nitrogens is 1. The third-order valence-corrected chi connectivity index (χ3v) is 3.09. The summed E-state index contributed by atoms with van der Waals surface area (Å²) < 4.78 is 6.98. The van der Waals surface area contributed by atoms with Gasteiger partial charge in [0.25, 0.3) is 0 Å². The lowest BCUT2D eigenvalue weighted by molar-refractivity contribution is 0.492. The average Bonchev–Trinajstić information content (AvgIpc) is 3.04. The van der Waals surface area contributed by atoms with Crippen molar-refractivity contribution in [3.63, 3.8) is 0 Å². The van der Waals surface area contributed by atoms with Gasteiger partial charge >= 0.3 is 5.76 Å². The van der Waals surface area contributed by atoms with Crippen molar-refractivity contribution in [2.24, 2.45) is 5.92 Å². The van der Waals surface area contributed by atoms with E-state index in [1.807, 2.05) is 25.2 Å². The van der Waals surface area contributed by atoms with Gasteiger partial charge in [0, 0.05) is 25.3 Å². The molecule has 1 N–H and O–H groups in total. The lowest BCUT2D eigenvalue weighted by Crippen LogP contribution is -2.14. The summed E-state index contributed by atoms with van der Waals surface area (Å²) in [5, 5.41) is 3.03. The zero-order valence-electron chi connectivity index (χ0n) is 9.19. The Balaban J connectivity index is 2.12. The number of nitrogens with zero attached hydrogens (tertiary/aromatic N) is 1. The van der Waals surface area contributed by atoms with Crippen molar-refractivity contribution in [1.82, 2.24) is 4.57 Å². The van der Waals surface area contributed by atoms with E-state index in [-0.39, 0.29) is 5.76 Å². The Morgan fingerprint density at radius 3 is 3.00 bits per heavy atom. The van der Waals surface area contributed by atoms with Gasteiger partial charge in [-0.05, 0) is 30.9 Å². The molecule has 1 aliphatic carbocycles. The van der Waals surface area contributed by atoms with E-state index in [4.69, 9.17) is 4.42 Å². The van der Waals surface area contributed by atoms with Gasteiger partial charge in [0.15, 0.2) is 5.58 Å². The number of benzene rings is 1. The van der Waals surface area contributed by atoms with E-state index in [0.717, 1.165) is 17.7 Å². The maximum absolute atomic E-state index is 11.7. The van der Waals surface area contributed by atoms with E-state index in [2.05, 4.69) is 5.32 Å². The van der Waals surface area contributed by atoms with Crippen LogP contribution in [0.1, 0.15) is 12.8 Å². The molecule has 0 spiro atoms. The molecule has 0 saturated heterocycles. The molecule has 84 valence electrons. The van der Waals surface area contributed by atoms with Gasteiger partial charge in [-0.15, -0.1) is 0 Å². The first kappa shape index (κ1) is 9.51. The first-order valence-corrected chi connectivity index (χ1v) is 5.59. The third kappa shape index (κ3) is 1.50. The summed E-state index contributed by atoms with van der Waals surface area (Å²) in [5.74, 6) is 0.428. The summed E-state index contributed by atoms with van der Waals surface area (Å²) in [5.41, 5.74) is 2.52. The maximum atomic E-state index is 11.7. The molecule has 4 heteroatoms. The van der Waals surface area contributed by atoms with Crippen LogP contribution in [0.5, 0.6) is 0 Å². The highest BCUT2D eigenvalue weighted by Gasteiger charge is 2.24. The minimum Gasteiger partial charge on any atom is -0.408 e. The van der Waals surface area contributed by atoms with E-state index < -0.39 is 0 Å². The maximum Gasteiger partial charge on any atom is 0.419 e. The molecule has 1 aliphatic rings. The monoisotopic (exact) mass is 218 g/mol. The summed E-state index contributed by atoms with van der Waals surface area (Å²) in [7, 11) is 1.85. The predicted molar refractivity (Wildman–Crippen MR) is 62.7 cm³/mol. The second-order valence-corrected chi connectivity index (χ2v) is 4.35. The number of fused-ring (bicyclic) bond motifs is 1. The zero-order chi connectivity index (χ0) is 11.1. The Kier molecular flexibility index (Phi) is 2.02. The van der Waals surface area contributed by atoms with Crippen LogP contribution in [0.3, 0.4) is 0 Å². The number of hydrogen-bond acceptors (Lipinski definition) is 3. The molecule has 0 radical (unpaired) electrons. The van der Waals surface area contributed by atoms with Crippen LogP contribution in [0.2, 0.25) is 0 Å². The second kappa shape index (κ2) is 3.40. The summed E-state index contributed by atoms with van der Waals surface area (Å²) >= 11 is 0. The van der Waals surface area contributed by atoms with Gasteiger partial charge in [0.05, 0.1) is 5.52 Å². The van der Waals surface area contributed by atoms with Crippen molar-refractivity contribution in [3.8, 4) is 0 Å². The van der Waals surface area contributed by atoms with Gasteiger partial charge in [0.1, 0.15) is 0 Å². The highest BCUT2D eigenvalue weighted by atomic mass is 16.4. The first-order valence-electron chi connectivity index (χ1n) is 5.59. The highest BCUT2D eigenvalue weighted by molar-refractivity contribution is 5.77. The van der Waals surface area contributed by atoms with Crippen molar-refractivity contribution >= 4 is 16.8 Å². The van der Waals surface area contributed by atoms with Crippen molar-refractivity contribution in [3.05, 3.63) is 28.7 Å². The molecule has 1 aromatic heterocycles. The van der Waals surface area contributed by atoms with Crippen LogP contribution in [0.4, 0.5) is 5.69 Å². The topological polar surface area (TPSA) is 47.2 Å². The number of oxazole rings is 1. The zero-order valence-corrected chi connectivity index (χ0v) is 9.19. The number of anilines is 1. The fourth-order valence-electron chi connectivity index (χ4n) is 1.95. The molecular weight excluding hydrogens is 204 g/mol. The molecule has 0 atom stereocenters. The standard InChI is InChI=1S/C12H14N2O2/c1-13-9-4-5-10-11(6-9)16-12(15)14(10)7-8-2-3-8/h4-6,8,13H,2-3,7H2,1H3. The number of hydrogen-bond donors (Lipinski definition) is 1. The van der Waals surface area contributed by atoms with Gasteiger partial charge in [-0.25, -0.2) is 4.79 Å². The van der Waals surface area contributed by atoms with Crippen LogP contribution in [-0.4, -0.2) is 11.6 Å². The van der Waals surface area contributed by atoms with E-state index in [1.165, 1.54) is 12.8 Å². The fraction of sp³-hybridized carbons (Fsp3) is 0.417.